The second-order valence-electron chi connectivity index (χ2n) is 4.89. The second kappa shape index (κ2) is 2.46. The molecular weight excluding hydrogens is 148 g/mol. The zero-order chi connectivity index (χ0) is 8.93. The minimum absolute atomic E-state index is 0.629. The van der Waals surface area contributed by atoms with Crippen molar-refractivity contribution in [2.75, 3.05) is 20.6 Å². The molecule has 2 heteroatoms. The van der Waals surface area contributed by atoms with E-state index < -0.39 is 0 Å². The molecule has 0 N–H and O–H groups in total. The molecule has 2 rings (SSSR count). The summed E-state index contributed by atoms with van der Waals surface area (Å²) in [7, 11) is 4.31. The molecule has 2 aliphatic rings. The minimum atomic E-state index is 0.629. The molecule has 1 saturated heterocycles. The maximum absolute atomic E-state index is 2.51. The largest absolute Gasteiger partial charge is 0.248 e. The van der Waals surface area contributed by atoms with E-state index in [4.69, 9.17) is 0 Å². The summed E-state index contributed by atoms with van der Waals surface area (Å²) in [5, 5.41) is 4.77. The van der Waals surface area contributed by atoms with E-state index in [1.165, 1.54) is 19.4 Å². The van der Waals surface area contributed by atoms with Crippen LogP contribution in [0.2, 0.25) is 0 Å². The molecule has 2 fully saturated rings. The van der Waals surface area contributed by atoms with Crippen molar-refractivity contribution in [2.45, 2.75) is 32.7 Å². The van der Waals surface area contributed by atoms with Crippen LogP contribution < -0.4 is 0 Å². The predicted molar refractivity (Wildman–Crippen MR) is 50.7 cm³/mol. The van der Waals surface area contributed by atoms with E-state index in [0.29, 0.717) is 5.41 Å². The van der Waals surface area contributed by atoms with Crippen LogP contribution in [0.4, 0.5) is 0 Å². The Labute approximate surface area is 75.5 Å². The minimum Gasteiger partial charge on any atom is -0.248 e. The zero-order valence-corrected chi connectivity index (χ0v) is 8.67. The fourth-order valence-corrected chi connectivity index (χ4v) is 2.89. The third-order valence-electron chi connectivity index (χ3n) is 4.29. The van der Waals surface area contributed by atoms with Gasteiger partial charge in [0.05, 0.1) is 0 Å². The van der Waals surface area contributed by atoms with E-state index in [1.54, 1.807) is 0 Å². The summed E-state index contributed by atoms with van der Waals surface area (Å²) in [5.41, 5.74) is 0.629. The van der Waals surface area contributed by atoms with Gasteiger partial charge >= 0.3 is 0 Å². The summed E-state index contributed by atoms with van der Waals surface area (Å²) < 4.78 is 0. The Morgan fingerprint density at radius 2 is 2.08 bits per heavy atom. The molecule has 1 aliphatic carbocycles. The normalized spacial score (nSPS) is 47.8. The molecule has 0 radical (unpaired) electrons. The van der Waals surface area contributed by atoms with Crippen molar-refractivity contribution >= 4 is 0 Å². The summed E-state index contributed by atoms with van der Waals surface area (Å²) in [6.07, 6.45) is 2.88. The molecular formula is C10H20N2. The summed E-state index contributed by atoms with van der Waals surface area (Å²) in [6, 6.07) is 0.742. The highest BCUT2D eigenvalue weighted by Crippen LogP contribution is 2.55. The van der Waals surface area contributed by atoms with Crippen molar-refractivity contribution in [1.82, 2.24) is 10.0 Å². The lowest BCUT2D eigenvalue weighted by atomic mass is 9.60. The lowest BCUT2D eigenvalue weighted by Gasteiger charge is -2.44. The molecule has 0 spiro atoms. The molecule has 3 unspecified atom stereocenters. The van der Waals surface area contributed by atoms with Gasteiger partial charge in [-0.25, -0.2) is 10.0 Å². The van der Waals surface area contributed by atoms with Gasteiger partial charge in [0.1, 0.15) is 0 Å². The van der Waals surface area contributed by atoms with Gasteiger partial charge in [-0.3, -0.25) is 0 Å². The molecule has 1 saturated carbocycles. The highest BCUT2D eigenvalue weighted by molar-refractivity contribution is 5.05. The molecule has 3 atom stereocenters. The lowest BCUT2D eigenvalue weighted by molar-refractivity contribution is -0.0103. The predicted octanol–water partition coefficient (Wildman–Crippen LogP) is 1.58. The second-order valence-corrected chi connectivity index (χ2v) is 4.89. The standard InChI is InChI=1S/C10H20N2/c1-8-10(2)6-5-9(10)7-12(8)11(3)4/h8-9H,5-7H2,1-4H3. The summed E-state index contributed by atoms with van der Waals surface area (Å²) in [5.74, 6) is 0.967. The monoisotopic (exact) mass is 168 g/mol. The van der Waals surface area contributed by atoms with E-state index in [0.717, 1.165) is 12.0 Å². The Kier molecular flexibility index (Phi) is 1.74. The molecule has 0 amide bonds. The average molecular weight is 168 g/mol. The molecule has 1 aliphatic heterocycles. The van der Waals surface area contributed by atoms with Gasteiger partial charge in [-0.2, -0.15) is 0 Å². The molecule has 0 aromatic rings. The van der Waals surface area contributed by atoms with Crippen LogP contribution in [0.15, 0.2) is 0 Å². The van der Waals surface area contributed by atoms with E-state index >= 15 is 0 Å². The maximum Gasteiger partial charge on any atom is 0.0274 e. The van der Waals surface area contributed by atoms with Crippen LogP contribution in [0, 0.1) is 11.3 Å². The van der Waals surface area contributed by atoms with Gasteiger partial charge in [-0.15, -0.1) is 0 Å². The summed E-state index contributed by atoms with van der Waals surface area (Å²) in [4.78, 5) is 0. The van der Waals surface area contributed by atoms with Gasteiger partial charge in [-0.1, -0.05) is 6.92 Å². The van der Waals surface area contributed by atoms with Crippen LogP contribution in [-0.4, -0.2) is 36.7 Å². The highest BCUT2D eigenvalue weighted by atomic mass is 15.6. The fourth-order valence-electron chi connectivity index (χ4n) is 2.89. The van der Waals surface area contributed by atoms with Crippen LogP contribution in [0.1, 0.15) is 26.7 Å². The van der Waals surface area contributed by atoms with Gasteiger partial charge in [0.25, 0.3) is 0 Å². The van der Waals surface area contributed by atoms with E-state index in [9.17, 15) is 0 Å². The lowest BCUT2D eigenvalue weighted by Crippen LogP contribution is -2.45. The highest BCUT2D eigenvalue weighted by Gasteiger charge is 2.54. The van der Waals surface area contributed by atoms with Gasteiger partial charge in [0.2, 0.25) is 0 Å². The van der Waals surface area contributed by atoms with E-state index in [1.807, 2.05) is 0 Å². The van der Waals surface area contributed by atoms with Gasteiger partial charge < -0.3 is 0 Å². The first kappa shape index (κ1) is 8.52. The first-order valence-electron chi connectivity index (χ1n) is 4.99. The molecule has 70 valence electrons. The quantitative estimate of drug-likeness (QED) is 0.586. The Morgan fingerprint density at radius 3 is 2.33 bits per heavy atom. The number of fused-ring (bicyclic) bond motifs is 1. The number of hydrazine groups is 1. The molecule has 2 nitrogen and oxygen atoms in total. The molecule has 0 aromatic heterocycles. The zero-order valence-electron chi connectivity index (χ0n) is 8.67. The first-order valence-corrected chi connectivity index (χ1v) is 4.99. The van der Waals surface area contributed by atoms with Crippen LogP contribution in [0.5, 0.6) is 0 Å². The van der Waals surface area contributed by atoms with Gasteiger partial charge in [-0.05, 0) is 31.1 Å². The van der Waals surface area contributed by atoms with Crippen molar-refractivity contribution in [2.24, 2.45) is 11.3 Å². The SMILES string of the molecule is CC1N(N(C)C)CC2CCC21C. The van der Waals surface area contributed by atoms with Crippen LogP contribution in [0.25, 0.3) is 0 Å². The van der Waals surface area contributed by atoms with Crippen LogP contribution >= 0.6 is 0 Å². The Morgan fingerprint density at radius 1 is 1.42 bits per heavy atom. The molecule has 1 heterocycles. The van der Waals surface area contributed by atoms with Crippen molar-refractivity contribution in [3.05, 3.63) is 0 Å². The fraction of sp³-hybridized carbons (Fsp3) is 1.00. The van der Waals surface area contributed by atoms with Gasteiger partial charge in [0, 0.05) is 26.7 Å². The van der Waals surface area contributed by atoms with Crippen molar-refractivity contribution < 1.29 is 0 Å². The van der Waals surface area contributed by atoms with Crippen LogP contribution in [0.3, 0.4) is 0 Å². The van der Waals surface area contributed by atoms with Crippen LogP contribution in [-0.2, 0) is 0 Å². The first-order chi connectivity index (χ1) is 5.55. The molecule has 0 bridgehead atoms. The van der Waals surface area contributed by atoms with E-state index in [-0.39, 0.29) is 0 Å². The smallest absolute Gasteiger partial charge is 0.0274 e. The average Bonchev–Trinajstić information content (AvgIpc) is 2.14. The third kappa shape index (κ3) is 0.882. The molecule has 12 heavy (non-hydrogen) atoms. The van der Waals surface area contributed by atoms with Crippen molar-refractivity contribution in [1.29, 1.82) is 0 Å². The Hall–Kier alpha value is -0.0800. The van der Waals surface area contributed by atoms with Crippen molar-refractivity contribution in [3.8, 4) is 0 Å². The third-order valence-corrected chi connectivity index (χ3v) is 4.29. The Balaban J connectivity index is 2.14. The molecule has 0 aromatic carbocycles. The number of nitrogens with zero attached hydrogens (tertiary/aromatic N) is 2. The van der Waals surface area contributed by atoms with Crippen molar-refractivity contribution in [3.63, 3.8) is 0 Å². The van der Waals surface area contributed by atoms with Gasteiger partial charge in [0.15, 0.2) is 0 Å². The number of rotatable bonds is 1. The number of hydrogen-bond acceptors (Lipinski definition) is 2. The van der Waals surface area contributed by atoms with E-state index in [2.05, 4.69) is 38.0 Å². The number of hydrogen-bond donors (Lipinski definition) is 0. The topological polar surface area (TPSA) is 6.48 Å². The Bertz CT molecular complexity index is 190. The summed E-state index contributed by atoms with van der Waals surface area (Å²) >= 11 is 0. The summed E-state index contributed by atoms with van der Waals surface area (Å²) in [6.45, 7) is 6.11. The maximum atomic E-state index is 2.51.